The number of rotatable bonds is 10. The number of methoxy groups -OCH3 is 1. The number of nitrogens with one attached hydrogen (secondary N) is 1. The Morgan fingerprint density at radius 2 is 1.80 bits per heavy atom. The highest BCUT2D eigenvalue weighted by molar-refractivity contribution is 7.52. The second kappa shape index (κ2) is 10.1. The number of benzene rings is 1. The molecule has 0 aliphatic heterocycles. The summed E-state index contributed by atoms with van der Waals surface area (Å²) < 4.78 is 26.6. The quantitative estimate of drug-likeness (QED) is 0.387. The maximum Gasteiger partial charge on any atom is 0.334 e. The van der Waals surface area contributed by atoms with E-state index in [4.69, 9.17) is 13.8 Å². The molecule has 0 fully saturated rings. The van der Waals surface area contributed by atoms with E-state index < -0.39 is 25.5 Å². The Kier molecular flexibility index (Phi) is 8.55. The SMILES string of the molecule is C=CCC[C@H](NC(=O)c1ccc(CP(=O)(OC)OC)cc1)C(=O)OC. The number of carbonyl (C=O) groups excluding carboxylic acids is 2. The van der Waals surface area contributed by atoms with Gasteiger partial charge in [-0.2, -0.15) is 0 Å². The van der Waals surface area contributed by atoms with Crippen molar-refractivity contribution in [3.8, 4) is 0 Å². The van der Waals surface area contributed by atoms with Crippen LogP contribution in [0.1, 0.15) is 28.8 Å². The molecule has 0 saturated heterocycles. The molecule has 1 aromatic rings. The first-order chi connectivity index (χ1) is 11.9. The average molecular weight is 369 g/mol. The topological polar surface area (TPSA) is 90.9 Å². The molecule has 1 aromatic carbocycles. The summed E-state index contributed by atoms with van der Waals surface area (Å²) >= 11 is 0. The van der Waals surface area contributed by atoms with Crippen LogP contribution in [-0.4, -0.2) is 39.2 Å². The summed E-state index contributed by atoms with van der Waals surface area (Å²) in [5, 5.41) is 2.64. The lowest BCUT2D eigenvalue weighted by atomic mass is 10.1. The summed E-state index contributed by atoms with van der Waals surface area (Å²) in [5.74, 6) is -0.902. The van der Waals surface area contributed by atoms with Crippen molar-refractivity contribution in [1.82, 2.24) is 5.32 Å². The van der Waals surface area contributed by atoms with Gasteiger partial charge in [-0.05, 0) is 30.5 Å². The van der Waals surface area contributed by atoms with Gasteiger partial charge in [0.05, 0.1) is 13.3 Å². The van der Waals surface area contributed by atoms with Gasteiger partial charge in [-0.3, -0.25) is 9.36 Å². The van der Waals surface area contributed by atoms with E-state index in [1.165, 1.54) is 21.3 Å². The third-order valence-electron chi connectivity index (χ3n) is 3.60. The van der Waals surface area contributed by atoms with Crippen LogP contribution in [0, 0.1) is 0 Å². The van der Waals surface area contributed by atoms with Crippen LogP contribution in [-0.2, 0) is 29.3 Å². The number of hydrogen-bond acceptors (Lipinski definition) is 6. The minimum absolute atomic E-state index is 0.103. The van der Waals surface area contributed by atoms with Gasteiger partial charge in [0.1, 0.15) is 6.04 Å². The van der Waals surface area contributed by atoms with Crippen LogP contribution >= 0.6 is 7.60 Å². The van der Waals surface area contributed by atoms with Gasteiger partial charge < -0.3 is 19.1 Å². The van der Waals surface area contributed by atoms with E-state index in [0.717, 1.165) is 0 Å². The average Bonchev–Trinajstić information content (AvgIpc) is 2.64. The second-order valence-corrected chi connectivity index (χ2v) is 7.51. The summed E-state index contributed by atoms with van der Waals surface area (Å²) in [6, 6.07) is 5.76. The van der Waals surface area contributed by atoms with Gasteiger partial charge in [-0.1, -0.05) is 18.2 Å². The van der Waals surface area contributed by atoms with Crippen molar-refractivity contribution >= 4 is 19.5 Å². The molecule has 1 amide bonds. The third-order valence-corrected chi connectivity index (χ3v) is 5.46. The fraction of sp³-hybridized carbons (Fsp3) is 0.412. The number of carbonyl (C=O) groups is 2. The molecule has 0 unspecified atom stereocenters. The van der Waals surface area contributed by atoms with E-state index in [0.29, 0.717) is 24.0 Å². The molecule has 7 nitrogen and oxygen atoms in total. The zero-order chi connectivity index (χ0) is 18.9. The number of amides is 1. The Balaban J connectivity index is 2.80. The third kappa shape index (κ3) is 6.46. The van der Waals surface area contributed by atoms with Gasteiger partial charge in [-0.15, -0.1) is 6.58 Å². The summed E-state index contributed by atoms with van der Waals surface area (Å²) in [7, 11) is 0.750. The molecule has 0 radical (unpaired) electrons. The van der Waals surface area contributed by atoms with Crippen molar-refractivity contribution in [2.45, 2.75) is 25.0 Å². The highest BCUT2D eigenvalue weighted by atomic mass is 31.2. The Morgan fingerprint density at radius 1 is 1.20 bits per heavy atom. The van der Waals surface area contributed by atoms with Crippen LogP contribution in [0.15, 0.2) is 36.9 Å². The number of allylic oxidation sites excluding steroid dienone is 1. The van der Waals surface area contributed by atoms with Gasteiger partial charge >= 0.3 is 13.6 Å². The van der Waals surface area contributed by atoms with Crippen molar-refractivity contribution in [3.05, 3.63) is 48.0 Å². The normalized spacial score (nSPS) is 12.3. The predicted molar refractivity (Wildman–Crippen MR) is 94.5 cm³/mol. The second-order valence-electron chi connectivity index (χ2n) is 5.25. The highest BCUT2D eigenvalue weighted by Gasteiger charge is 2.23. The largest absolute Gasteiger partial charge is 0.467 e. The van der Waals surface area contributed by atoms with E-state index in [1.54, 1.807) is 30.3 Å². The molecule has 138 valence electrons. The van der Waals surface area contributed by atoms with Gasteiger partial charge in [0.25, 0.3) is 5.91 Å². The lowest BCUT2D eigenvalue weighted by Gasteiger charge is -2.16. The molecular weight excluding hydrogens is 345 g/mol. The van der Waals surface area contributed by atoms with Crippen molar-refractivity contribution in [2.24, 2.45) is 0 Å². The van der Waals surface area contributed by atoms with Gasteiger partial charge in [0.15, 0.2) is 0 Å². The maximum absolute atomic E-state index is 12.3. The molecular formula is C17H24NO6P. The molecule has 0 aromatic heterocycles. The highest BCUT2D eigenvalue weighted by Crippen LogP contribution is 2.49. The molecule has 1 atom stereocenters. The lowest BCUT2D eigenvalue weighted by Crippen LogP contribution is -2.41. The molecule has 1 rings (SSSR count). The van der Waals surface area contributed by atoms with Crippen LogP contribution in [0.4, 0.5) is 0 Å². The summed E-state index contributed by atoms with van der Waals surface area (Å²) in [4.78, 5) is 24.0. The number of esters is 1. The van der Waals surface area contributed by atoms with E-state index >= 15 is 0 Å². The lowest BCUT2D eigenvalue weighted by molar-refractivity contribution is -0.143. The predicted octanol–water partition coefficient (Wildman–Crippen LogP) is 2.91. The van der Waals surface area contributed by atoms with Crippen molar-refractivity contribution in [2.75, 3.05) is 21.3 Å². The van der Waals surface area contributed by atoms with Crippen molar-refractivity contribution in [1.29, 1.82) is 0 Å². The first-order valence-electron chi connectivity index (χ1n) is 7.68. The zero-order valence-corrected chi connectivity index (χ0v) is 15.6. The molecule has 25 heavy (non-hydrogen) atoms. The van der Waals surface area contributed by atoms with E-state index in [2.05, 4.69) is 11.9 Å². The molecule has 0 saturated carbocycles. The van der Waals surface area contributed by atoms with Crippen molar-refractivity contribution < 1.29 is 27.9 Å². The summed E-state index contributed by atoms with van der Waals surface area (Å²) in [5.41, 5.74) is 1.08. The van der Waals surface area contributed by atoms with Gasteiger partial charge in [0, 0.05) is 19.8 Å². The standard InChI is InChI=1S/C17H24NO6P/c1-5-6-7-15(17(20)22-2)18-16(19)14-10-8-13(9-11-14)12-25(21,23-3)24-4/h5,8-11,15H,1,6-7,12H2,2-4H3,(H,18,19)/t15-/m0/s1. The number of hydrogen-bond donors (Lipinski definition) is 1. The smallest absolute Gasteiger partial charge is 0.334 e. The molecule has 0 aliphatic carbocycles. The van der Waals surface area contributed by atoms with E-state index in [-0.39, 0.29) is 6.16 Å². The number of ether oxygens (including phenoxy) is 1. The van der Waals surface area contributed by atoms with Crippen molar-refractivity contribution in [3.63, 3.8) is 0 Å². The summed E-state index contributed by atoms with van der Waals surface area (Å²) in [6.45, 7) is 3.60. The zero-order valence-electron chi connectivity index (χ0n) is 14.7. The molecule has 1 N–H and O–H groups in total. The molecule has 8 heteroatoms. The minimum Gasteiger partial charge on any atom is -0.467 e. The Labute approximate surface area is 147 Å². The van der Waals surface area contributed by atoms with Crippen LogP contribution < -0.4 is 5.32 Å². The Bertz CT molecular complexity index is 635. The Morgan fingerprint density at radius 3 is 2.28 bits per heavy atom. The van der Waals surface area contributed by atoms with Gasteiger partial charge in [0.2, 0.25) is 0 Å². The maximum atomic E-state index is 12.3. The molecule has 0 aliphatic rings. The van der Waals surface area contributed by atoms with Gasteiger partial charge in [-0.25, -0.2) is 4.79 Å². The summed E-state index contributed by atoms with van der Waals surface area (Å²) in [6.07, 6.45) is 2.75. The first kappa shape index (κ1) is 21.1. The molecule has 0 spiro atoms. The van der Waals surface area contributed by atoms with Crippen LogP contribution in [0.2, 0.25) is 0 Å². The first-order valence-corrected chi connectivity index (χ1v) is 9.41. The minimum atomic E-state index is -3.17. The monoisotopic (exact) mass is 369 g/mol. The fourth-order valence-corrected chi connectivity index (χ4v) is 3.17. The Hall–Kier alpha value is -1.95. The van der Waals surface area contributed by atoms with Crippen LogP contribution in [0.5, 0.6) is 0 Å². The molecule has 0 bridgehead atoms. The van der Waals surface area contributed by atoms with E-state index in [1.807, 2.05) is 0 Å². The van der Waals surface area contributed by atoms with E-state index in [9.17, 15) is 14.2 Å². The fourth-order valence-electron chi connectivity index (χ4n) is 2.11. The molecule has 0 heterocycles. The van der Waals surface area contributed by atoms with Crippen LogP contribution in [0.3, 0.4) is 0 Å². The van der Waals surface area contributed by atoms with Crippen LogP contribution in [0.25, 0.3) is 0 Å².